The predicted octanol–water partition coefficient (Wildman–Crippen LogP) is 2.21. The zero-order chi connectivity index (χ0) is 15.0. The predicted molar refractivity (Wildman–Crippen MR) is 83.9 cm³/mol. The van der Waals surface area contributed by atoms with Gasteiger partial charge in [-0.3, -0.25) is 14.9 Å². The second kappa shape index (κ2) is 5.45. The van der Waals surface area contributed by atoms with E-state index in [-0.39, 0.29) is 5.92 Å². The second-order valence-electron chi connectivity index (χ2n) is 6.56. The van der Waals surface area contributed by atoms with Gasteiger partial charge in [-0.15, -0.1) is 0 Å². The molecular formula is C18H21N3O. The summed E-state index contributed by atoms with van der Waals surface area (Å²) in [5.74, 6) is 0.849. The van der Waals surface area contributed by atoms with Crippen molar-refractivity contribution in [3.63, 3.8) is 0 Å². The molecule has 114 valence electrons. The highest BCUT2D eigenvalue weighted by molar-refractivity contribution is 5.19. The van der Waals surface area contributed by atoms with Crippen LogP contribution in [-0.4, -0.2) is 33.1 Å². The molecule has 0 spiro atoms. The SMILES string of the molecule is O[C@@]1(c2ccccn2)CC[C@H]2CN(Cc3ccccn3)C[C@H]21. The molecule has 4 nitrogen and oxygen atoms in total. The first-order valence-corrected chi connectivity index (χ1v) is 8.02. The van der Waals surface area contributed by atoms with Gasteiger partial charge < -0.3 is 5.11 Å². The molecule has 1 saturated heterocycles. The van der Waals surface area contributed by atoms with Crippen LogP contribution >= 0.6 is 0 Å². The molecule has 1 N–H and O–H groups in total. The normalized spacial score (nSPS) is 31.3. The van der Waals surface area contributed by atoms with Crippen LogP contribution in [-0.2, 0) is 12.1 Å². The third kappa shape index (κ3) is 2.32. The number of hydrogen-bond donors (Lipinski definition) is 1. The summed E-state index contributed by atoms with van der Waals surface area (Å²) >= 11 is 0. The van der Waals surface area contributed by atoms with E-state index in [9.17, 15) is 5.11 Å². The third-order valence-electron chi connectivity index (χ3n) is 5.25. The van der Waals surface area contributed by atoms with Crippen molar-refractivity contribution >= 4 is 0 Å². The average molecular weight is 295 g/mol. The Labute approximate surface area is 130 Å². The van der Waals surface area contributed by atoms with Gasteiger partial charge in [-0.1, -0.05) is 12.1 Å². The molecular weight excluding hydrogens is 274 g/mol. The minimum Gasteiger partial charge on any atom is -0.383 e. The first kappa shape index (κ1) is 13.9. The lowest BCUT2D eigenvalue weighted by Crippen LogP contribution is -2.35. The number of pyridine rings is 2. The highest BCUT2D eigenvalue weighted by Gasteiger charge is 2.52. The molecule has 0 radical (unpaired) electrons. The Morgan fingerprint density at radius 2 is 1.91 bits per heavy atom. The topological polar surface area (TPSA) is 49.3 Å². The Kier molecular flexibility index (Phi) is 3.43. The molecule has 1 saturated carbocycles. The van der Waals surface area contributed by atoms with Crippen molar-refractivity contribution < 1.29 is 5.11 Å². The number of rotatable bonds is 3. The zero-order valence-corrected chi connectivity index (χ0v) is 12.6. The maximum absolute atomic E-state index is 11.2. The standard InChI is InChI=1S/C18H21N3O/c22-18(17-6-2-4-10-20-17)8-7-14-11-21(13-16(14)18)12-15-5-1-3-9-19-15/h1-6,9-10,14,16,22H,7-8,11-13H2/t14-,16+,18-/m0/s1. The lowest BCUT2D eigenvalue weighted by atomic mass is 9.85. The van der Waals surface area contributed by atoms with E-state index in [0.29, 0.717) is 5.92 Å². The summed E-state index contributed by atoms with van der Waals surface area (Å²) < 4.78 is 0. The van der Waals surface area contributed by atoms with Gasteiger partial charge in [-0.05, 0) is 43.0 Å². The molecule has 4 rings (SSSR count). The summed E-state index contributed by atoms with van der Waals surface area (Å²) in [6.45, 7) is 2.84. The Morgan fingerprint density at radius 1 is 1.09 bits per heavy atom. The van der Waals surface area contributed by atoms with Crippen LogP contribution in [0.5, 0.6) is 0 Å². The maximum Gasteiger partial charge on any atom is 0.111 e. The highest BCUT2D eigenvalue weighted by atomic mass is 16.3. The van der Waals surface area contributed by atoms with Crippen LogP contribution < -0.4 is 0 Å². The van der Waals surface area contributed by atoms with E-state index in [0.717, 1.165) is 43.9 Å². The fourth-order valence-electron chi connectivity index (χ4n) is 4.17. The van der Waals surface area contributed by atoms with Crippen LogP contribution in [0, 0.1) is 11.8 Å². The Bertz CT molecular complexity index is 633. The number of fused-ring (bicyclic) bond motifs is 1. The molecule has 0 bridgehead atoms. The minimum absolute atomic E-state index is 0.283. The molecule has 0 amide bonds. The fraction of sp³-hybridized carbons (Fsp3) is 0.444. The van der Waals surface area contributed by atoms with E-state index in [1.807, 2.05) is 36.5 Å². The quantitative estimate of drug-likeness (QED) is 0.943. The van der Waals surface area contributed by atoms with Crippen molar-refractivity contribution in [1.82, 2.24) is 14.9 Å². The summed E-state index contributed by atoms with van der Waals surface area (Å²) in [5.41, 5.74) is 1.18. The molecule has 1 aliphatic carbocycles. The summed E-state index contributed by atoms with van der Waals surface area (Å²) in [6.07, 6.45) is 5.53. The van der Waals surface area contributed by atoms with Crippen molar-refractivity contribution in [3.8, 4) is 0 Å². The largest absolute Gasteiger partial charge is 0.383 e. The molecule has 2 aromatic heterocycles. The van der Waals surface area contributed by atoms with Crippen LogP contribution in [0.4, 0.5) is 0 Å². The highest BCUT2D eigenvalue weighted by Crippen LogP contribution is 2.50. The molecule has 22 heavy (non-hydrogen) atoms. The van der Waals surface area contributed by atoms with Crippen LogP contribution in [0.3, 0.4) is 0 Å². The number of nitrogens with zero attached hydrogens (tertiary/aromatic N) is 3. The monoisotopic (exact) mass is 295 g/mol. The van der Waals surface area contributed by atoms with Crippen molar-refractivity contribution in [2.75, 3.05) is 13.1 Å². The molecule has 2 aliphatic rings. The van der Waals surface area contributed by atoms with Gasteiger partial charge in [-0.25, -0.2) is 0 Å². The number of hydrogen-bond acceptors (Lipinski definition) is 4. The second-order valence-corrected chi connectivity index (χ2v) is 6.56. The molecule has 2 aromatic rings. The van der Waals surface area contributed by atoms with E-state index >= 15 is 0 Å². The summed E-state index contributed by atoms with van der Waals surface area (Å²) in [6, 6.07) is 11.9. The van der Waals surface area contributed by atoms with Crippen LogP contribution in [0.1, 0.15) is 24.2 Å². The van der Waals surface area contributed by atoms with E-state index in [4.69, 9.17) is 0 Å². The average Bonchev–Trinajstić information content (AvgIpc) is 3.10. The molecule has 0 aromatic carbocycles. The molecule has 4 heteroatoms. The smallest absolute Gasteiger partial charge is 0.111 e. The number of aliphatic hydroxyl groups is 1. The Hall–Kier alpha value is -1.78. The van der Waals surface area contributed by atoms with E-state index in [2.05, 4.69) is 20.9 Å². The van der Waals surface area contributed by atoms with Gasteiger partial charge in [0.15, 0.2) is 0 Å². The van der Waals surface area contributed by atoms with E-state index < -0.39 is 5.60 Å². The fourth-order valence-corrected chi connectivity index (χ4v) is 4.17. The van der Waals surface area contributed by atoms with Gasteiger partial charge in [0, 0.05) is 37.9 Å². The summed E-state index contributed by atoms with van der Waals surface area (Å²) in [5, 5.41) is 11.2. The lowest BCUT2D eigenvalue weighted by Gasteiger charge is -2.29. The molecule has 0 unspecified atom stereocenters. The van der Waals surface area contributed by atoms with Crippen molar-refractivity contribution in [3.05, 3.63) is 60.2 Å². The van der Waals surface area contributed by atoms with Gasteiger partial charge in [0.2, 0.25) is 0 Å². The lowest BCUT2D eigenvalue weighted by molar-refractivity contribution is -0.0108. The Balaban J connectivity index is 1.52. The van der Waals surface area contributed by atoms with Gasteiger partial charge in [0.1, 0.15) is 5.60 Å². The Morgan fingerprint density at radius 3 is 2.64 bits per heavy atom. The van der Waals surface area contributed by atoms with E-state index in [1.54, 1.807) is 6.20 Å². The van der Waals surface area contributed by atoms with Crippen LogP contribution in [0.15, 0.2) is 48.8 Å². The first-order chi connectivity index (χ1) is 10.8. The van der Waals surface area contributed by atoms with Crippen molar-refractivity contribution in [1.29, 1.82) is 0 Å². The zero-order valence-electron chi connectivity index (χ0n) is 12.6. The van der Waals surface area contributed by atoms with Crippen molar-refractivity contribution in [2.45, 2.75) is 25.0 Å². The molecule has 3 atom stereocenters. The third-order valence-corrected chi connectivity index (χ3v) is 5.25. The molecule has 1 aliphatic heterocycles. The van der Waals surface area contributed by atoms with Gasteiger partial charge in [-0.2, -0.15) is 0 Å². The van der Waals surface area contributed by atoms with Crippen LogP contribution in [0.2, 0.25) is 0 Å². The maximum atomic E-state index is 11.2. The van der Waals surface area contributed by atoms with Crippen LogP contribution in [0.25, 0.3) is 0 Å². The number of aromatic nitrogens is 2. The first-order valence-electron chi connectivity index (χ1n) is 8.02. The molecule has 2 fully saturated rings. The minimum atomic E-state index is -0.759. The van der Waals surface area contributed by atoms with Gasteiger partial charge in [0.05, 0.1) is 11.4 Å². The van der Waals surface area contributed by atoms with Gasteiger partial charge >= 0.3 is 0 Å². The summed E-state index contributed by atoms with van der Waals surface area (Å²) in [4.78, 5) is 11.3. The van der Waals surface area contributed by atoms with Crippen molar-refractivity contribution in [2.24, 2.45) is 11.8 Å². The van der Waals surface area contributed by atoms with Gasteiger partial charge in [0.25, 0.3) is 0 Å². The van der Waals surface area contributed by atoms with E-state index in [1.165, 1.54) is 0 Å². The molecule has 3 heterocycles. The summed E-state index contributed by atoms with van der Waals surface area (Å²) in [7, 11) is 0. The number of likely N-dealkylation sites (tertiary alicyclic amines) is 1.